The summed E-state index contributed by atoms with van der Waals surface area (Å²) in [6.45, 7) is 0. The van der Waals surface area contributed by atoms with Crippen LogP contribution in [0.2, 0.25) is 0 Å². The Morgan fingerprint density at radius 3 is 1.14 bits per heavy atom. The van der Waals surface area contributed by atoms with E-state index >= 15 is 0 Å². The van der Waals surface area contributed by atoms with E-state index in [4.69, 9.17) is 18.6 Å². The van der Waals surface area contributed by atoms with Crippen LogP contribution in [0.3, 0.4) is 0 Å². The van der Waals surface area contributed by atoms with Gasteiger partial charge in [0, 0.05) is 0 Å². The summed E-state index contributed by atoms with van der Waals surface area (Å²) in [6.07, 6.45) is 20.8. The number of nitrogens with zero attached hydrogens (tertiary/aromatic N) is 1. The number of rotatable bonds is 3. The summed E-state index contributed by atoms with van der Waals surface area (Å²) in [5.74, 6) is 0. The first-order valence-corrected chi connectivity index (χ1v) is 17.7. The number of hydrogen-bond acceptors (Lipinski definition) is 0. The van der Waals surface area contributed by atoms with E-state index in [2.05, 4.69) is 0 Å². The molecule has 3 aliphatic rings. The molecule has 0 heterocycles. The molecule has 0 amide bonds. The smallest absolute Gasteiger partial charge is 0.0398 e. The molecule has 3 fully saturated rings. The third-order valence-corrected chi connectivity index (χ3v) is 12.1. The topological polar surface area (TPSA) is 22.3 Å². The van der Waals surface area contributed by atoms with Gasteiger partial charge in [-0.25, -0.2) is 19.2 Å². The van der Waals surface area contributed by atoms with Gasteiger partial charge in [0.15, 0.2) is 0 Å². The molecule has 1 aromatic rings. The molecule has 3 aliphatic carbocycles. The maximum Gasteiger partial charge on any atom is -0.0398 e. The quantitative estimate of drug-likeness (QED) is 0.235. The molecule has 3 saturated carbocycles. The van der Waals surface area contributed by atoms with Crippen LogP contribution in [0.5, 0.6) is 0 Å². The van der Waals surface area contributed by atoms with Crippen LogP contribution in [-0.2, 0) is 17.0 Å². The van der Waals surface area contributed by atoms with Crippen molar-refractivity contribution in [2.24, 2.45) is 0 Å². The zero-order chi connectivity index (χ0) is 20.1. The van der Waals surface area contributed by atoms with Crippen molar-refractivity contribution in [3.05, 3.63) is 35.5 Å². The second-order valence-electron chi connectivity index (χ2n) is 8.70. The first kappa shape index (κ1) is 25.1. The van der Waals surface area contributed by atoms with Crippen LogP contribution < -0.4 is 0 Å². The molecule has 1 aromatic carbocycles. The Balaban J connectivity index is 0.000000295. The Morgan fingerprint density at radius 2 is 0.929 bits per heavy atom. The first-order valence-electron chi connectivity index (χ1n) is 11.5. The second kappa shape index (κ2) is 14.8. The fourth-order valence-electron chi connectivity index (χ4n) is 5.70. The van der Waals surface area contributed by atoms with Gasteiger partial charge in [-0.2, -0.15) is 18.2 Å². The van der Waals surface area contributed by atoms with Crippen LogP contribution in [-0.4, -0.2) is 17.0 Å². The van der Waals surface area contributed by atoms with Gasteiger partial charge in [0.1, 0.15) is 0 Å². The molecule has 1 nitrogen and oxygen atoms in total. The molecule has 0 radical (unpaired) electrons. The zero-order valence-corrected chi connectivity index (χ0v) is 21.3. The van der Waals surface area contributed by atoms with Crippen molar-refractivity contribution in [2.75, 3.05) is 0 Å². The van der Waals surface area contributed by atoms with Gasteiger partial charge in [0.05, 0.1) is 0 Å². The second-order valence-corrected chi connectivity index (χ2v) is 15.1. The molecular weight excluding hydrogens is 440 g/mol. The monoisotopic (exact) mass is 477 g/mol. The van der Waals surface area contributed by atoms with E-state index in [0.717, 1.165) is 17.0 Å². The van der Waals surface area contributed by atoms with Gasteiger partial charge in [-0.15, -0.1) is 0 Å². The van der Waals surface area contributed by atoms with E-state index in [-0.39, 0.29) is 0 Å². The molecule has 4 rings (SSSR count). The van der Waals surface area contributed by atoms with Crippen molar-refractivity contribution in [1.29, 1.82) is 0 Å². The van der Waals surface area contributed by atoms with Gasteiger partial charge >= 0.3 is 35.6 Å². The van der Waals surface area contributed by atoms with Crippen LogP contribution >= 0.6 is 25.7 Å². The fraction of sp³-hybridized carbons (Fsp3) is 0.783. The molecular formula is C23H38Cl2NPTi-2. The summed E-state index contributed by atoms with van der Waals surface area (Å²) >= 11 is -0.556. The largest absolute Gasteiger partial charge is 0.807 e. The minimum atomic E-state index is -1.70. The van der Waals surface area contributed by atoms with Crippen molar-refractivity contribution < 1.29 is 17.0 Å². The van der Waals surface area contributed by atoms with Crippen molar-refractivity contribution in [2.45, 2.75) is 113 Å². The van der Waals surface area contributed by atoms with Crippen LogP contribution in [0.4, 0.5) is 0 Å². The van der Waals surface area contributed by atoms with Crippen molar-refractivity contribution in [3.63, 3.8) is 0 Å². The Morgan fingerprint density at radius 1 is 0.643 bits per heavy atom. The fourth-order valence-corrected chi connectivity index (χ4v) is 11.1. The summed E-state index contributed by atoms with van der Waals surface area (Å²) in [5.41, 5.74) is 2.22. The molecule has 0 aliphatic heterocycles. The summed E-state index contributed by atoms with van der Waals surface area (Å²) in [6, 6.07) is 10.0. The number of halogens is 2. The van der Waals surface area contributed by atoms with Crippen LogP contribution in [0.15, 0.2) is 30.3 Å². The molecule has 0 spiro atoms. The Hall–Kier alpha value is 0.874. The third kappa shape index (κ3) is 7.85. The Kier molecular flexibility index (Phi) is 13.3. The molecule has 0 aromatic heterocycles. The molecule has 0 atom stereocenters. The standard InChI is InChI=1S/C18H33NP.C5H5.2ClH.Ti/c19-20(16-10-4-1-5-11-16,17-12-6-2-7-13-17)18-14-8-3-9-15-18;1-2-4-5-3-1;;;/h16-18H,1-15H2;1-5H;2*1H;/q2*-1;;;+2/p-2. The predicted octanol–water partition coefficient (Wildman–Crippen LogP) is 9.54. The third-order valence-electron chi connectivity index (χ3n) is 7.03. The summed E-state index contributed by atoms with van der Waals surface area (Å²) in [4.78, 5) is 0. The van der Waals surface area contributed by atoms with Gasteiger partial charge in [-0.1, -0.05) is 57.8 Å². The summed E-state index contributed by atoms with van der Waals surface area (Å²) in [5, 5.41) is 12.0. The van der Waals surface area contributed by atoms with E-state index in [1.165, 1.54) is 96.3 Å². The van der Waals surface area contributed by atoms with E-state index in [1.807, 2.05) is 30.3 Å². The van der Waals surface area contributed by atoms with Crippen molar-refractivity contribution in [3.8, 4) is 0 Å². The average Bonchev–Trinajstić information content (AvgIpc) is 3.36. The summed E-state index contributed by atoms with van der Waals surface area (Å²) in [7, 11) is 8.08. The Bertz CT molecular complexity index is 449. The normalized spacial score (nSPS) is 22.4. The van der Waals surface area contributed by atoms with Gasteiger partial charge in [0.2, 0.25) is 0 Å². The summed E-state index contributed by atoms with van der Waals surface area (Å²) < 4.78 is 0. The zero-order valence-electron chi connectivity index (χ0n) is 17.4. The van der Waals surface area contributed by atoms with Gasteiger partial charge in [0.25, 0.3) is 0 Å². The molecule has 0 bridgehead atoms. The predicted molar refractivity (Wildman–Crippen MR) is 125 cm³/mol. The van der Waals surface area contributed by atoms with Gasteiger partial charge in [-0.3, -0.25) is 0 Å². The maximum absolute atomic E-state index is 12.0. The molecule has 160 valence electrons. The van der Waals surface area contributed by atoms with Crippen LogP contribution in [0.1, 0.15) is 96.3 Å². The van der Waals surface area contributed by atoms with E-state index in [1.54, 1.807) is 0 Å². The van der Waals surface area contributed by atoms with E-state index in [0.29, 0.717) is 0 Å². The number of hydrogen-bond donors (Lipinski definition) is 0. The minimum absolute atomic E-state index is 0.556. The molecule has 0 N–H and O–H groups in total. The van der Waals surface area contributed by atoms with Gasteiger partial charge < -0.3 is 5.16 Å². The SMILES string of the molecule is [Cl][Ti][Cl].[N-]=P(C1CCCCC1)(C1CCCCC1)C1CCCCC1.c1cc[cH-]c1. The van der Waals surface area contributed by atoms with Crippen molar-refractivity contribution >= 4 is 25.7 Å². The first-order chi connectivity index (χ1) is 13.7. The van der Waals surface area contributed by atoms with Crippen molar-refractivity contribution in [1.82, 2.24) is 0 Å². The average molecular weight is 478 g/mol. The van der Waals surface area contributed by atoms with Gasteiger partial charge in [-0.05, 0) is 55.5 Å². The Labute approximate surface area is 190 Å². The molecule has 28 heavy (non-hydrogen) atoms. The van der Waals surface area contributed by atoms with Crippen LogP contribution in [0.25, 0.3) is 5.16 Å². The van der Waals surface area contributed by atoms with E-state index in [9.17, 15) is 5.16 Å². The van der Waals surface area contributed by atoms with Crippen LogP contribution in [0, 0.1) is 0 Å². The van der Waals surface area contributed by atoms with E-state index < -0.39 is 24.1 Å². The maximum atomic E-state index is 12.0. The molecule has 0 saturated heterocycles. The minimum Gasteiger partial charge on any atom is -0.807 e. The molecule has 0 unspecified atom stereocenters. The molecule has 5 heteroatoms.